The van der Waals surface area contributed by atoms with Crippen LogP contribution in [0.2, 0.25) is 0 Å². The smallest absolute Gasteiger partial charge is 0.327 e. The number of anilines is 2. The largest absolute Gasteiger partial charge is 0.421 e. The van der Waals surface area contributed by atoms with E-state index in [1.165, 1.54) is 17.0 Å². The van der Waals surface area contributed by atoms with Crippen LogP contribution in [0, 0.1) is 5.82 Å². The third kappa shape index (κ3) is 4.88. The fourth-order valence-electron chi connectivity index (χ4n) is 3.48. The zero-order valence-corrected chi connectivity index (χ0v) is 19.4. The quantitative estimate of drug-likeness (QED) is 0.604. The number of nitrogens with two attached hydrogens (primary N) is 1. The number of nitrogen functional groups attached to an aromatic ring is 1. The molecule has 3 heterocycles. The molecule has 0 radical (unpaired) electrons. The van der Waals surface area contributed by atoms with Crippen molar-refractivity contribution in [2.24, 2.45) is 0 Å². The topological polar surface area (TPSA) is 120 Å². The molecule has 4 rings (SSSR count). The fourth-order valence-corrected chi connectivity index (χ4v) is 3.48. The van der Waals surface area contributed by atoms with Crippen LogP contribution in [0.5, 0.6) is 11.8 Å². The van der Waals surface area contributed by atoms with E-state index in [0.717, 1.165) is 6.07 Å². The second-order valence-corrected chi connectivity index (χ2v) is 8.17. The molecule has 0 spiro atoms. The normalized spacial score (nSPS) is 18.0. The van der Waals surface area contributed by atoms with Gasteiger partial charge in [-0.25, -0.2) is 9.37 Å². The van der Waals surface area contributed by atoms with E-state index in [-0.39, 0.29) is 35.4 Å². The van der Waals surface area contributed by atoms with Crippen LogP contribution in [0.15, 0.2) is 36.5 Å². The Labute approximate surface area is 196 Å². The number of benzene rings is 1. The maximum atomic E-state index is 14.8. The summed E-state index contributed by atoms with van der Waals surface area (Å²) in [6.45, 7) is 5.08. The number of hydrogen-bond donors (Lipinski definition) is 1. The highest BCUT2D eigenvalue weighted by Crippen LogP contribution is 2.28. The van der Waals surface area contributed by atoms with Gasteiger partial charge in [-0.05, 0) is 44.2 Å². The van der Waals surface area contributed by atoms with Gasteiger partial charge in [0, 0.05) is 38.0 Å². The summed E-state index contributed by atoms with van der Waals surface area (Å²) in [5.74, 6) is -0.102. The van der Waals surface area contributed by atoms with Crippen LogP contribution in [0.1, 0.15) is 24.2 Å². The molecular formula is C23H26FN7O3. The summed E-state index contributed by atoms with van der Waals surface area (Å²) < 4.78 is 26.2. The summed E-state index contributed by atoms with van der Waals surface area (Å²) in [4.78, 5) is 33.0. The molecule has 1 saturated heterocycles. The van der Waals surface area contributed by atoms with E-state index in [1.807, 2.05) is 18.7 Å². The summed E-state index contributed by atoms with van der Waals surface area (Å²) in [7, 11) is 3.19. The van der Waals surface area contributed by atoms with E-state index in [1.54, 1.807) is 32.4 Å². The van der Waals surface area contributed by atoms with Gasteiger partial charge in [-0.2, -0.15) is 15.0 Å². The predicted octanol–water partition coefficient (Wildman–Crippen LogP) is 2.76. The first kappa shape index (κ1) is 23.3. The summed E-state index contributed by atoms with van der Waals surface area (Å²) in [5.41, 5.74) is 6.51. The number of nitrogens with zero attached hydrogens (tertiary/aromatic N) is 6. The molecule has 1 aliphatic heterocycles. The Bertz CT molecular complexity index is 1190. The minimum absolute atomic E-state index is 0.00513. The van der Waals surface area contributed by atoms with Crippen molar-refractivity contribution in [1.29, 1.82) is 0 Å². The Hall–Kier alpha value is -3.86. The number of hydrogen-bond acceptors (Lipinski definition) is 9. The van der Waals surface area contributed by atoms with Crippen molar-refractivity contribution < 1.29 is 18.7 Å². The van der Waals surface area contributed by atoms with E-state index in [9.17, 15) is 9.18 Å². The molecule has 0 bridgehead atoms. The molecule has 2 N–H and O–H groups in total. The number of morpholine rings is 1. The van der Waals surface area contributed by atoms with Gasteiger partial charge in [0.2, 0.25) is 5.95 Å². The Balaban J connectivity index is 1.72. The van der Waals surface area contributed by atoms with Gasteiger partial charge in [0.15, 0.2) is 17.4 Å². The number of carbonyl (C=O) groups excluding carboxylic acids is 1. The lowest BCUT2D eigenvalue weighted by Crippen LogP contribution is -2.49. The molecule has 1 amide bonds. The molecular weight excluding hydrogens is 441 g/mol. The van der Waals surface area contributed by atoms with Crippen molar-refractivity contribution in [2.45, 2.75) is 26.0 Å². The average Bonchev–Trinajstić information content (AvgIpc) is 2.82. The first-order chi connectivity index (χ1) is 16.2. The van der Waals surface area contributed by atoms with E-state index in [2.05, 4.69) is 19.9 Å². The molecule has 2 aromatic heterocycles. The number of carbonyl (C=O) groups is 1. The Morgan fingerprint density at radius 2 is 2.00 bits per heavy atom. The van der Waals surface area contributed by atoms with Crippen LogP contribution in [0.4, 0.5) is 16.2 Å². The van der Waals surface area contributed by atoms with E-state index < -0.39 is 5.82 Å². The van der Waals surface area contributed by atoms with E-state index in [4.69, 9.17) is 15.2 Å². The van der Waals surface area contributed by atoms with Crippen LogP contribution in [0.3, 0.4) is 0 Å². The van der Waals surface area contributed by atoms with Crippen molar-refractivity contribution in [3.63, 3.8) is 0 Å². The lowest BCUT2D eigenvalue weighted by atomic mass is 10.1. The van der Waals surface area contributed by atoms with Crippen LogP contribution < -0.4 is 15.4 Å². The number of pyridine rings is 1. The lowest BCUT2D eigenvalue weighted by Gasteiger charge is -2.37. The summed E-state index contributed by atoms with van der Waals surface area (Å²) >= 11 is 0. The van der Waals surface area contributed by atoms with E-state index in [0.29, 0.717) is 36.3 Å². The van der Waals surface area contributed by atoms with Gasteiger partial charge in [0.25, 0.3) is 5.91 Å². The molecule has 0 saturated carbocycles. The van der Waals surface area contributed by atoms with Gasteiger partial charge in [0.1, 0.15) is 5.82 Å². The van der Waals surface area contributed by atoms with Gasteiger partial charge in [-0.1, -0.05) is 0 Å². The van der Waals surface area contributed by atoms with Crippen molar-refractivity contribution >= 4 is 17.7 Å². The Kier molecular flexibility index (Phi) is 6.55. The van der Waals surface area contributed by atoms with E-state index >= 15 is 0 Å². The van der Waals surface area contributed by atoms with Crippen molar-refractivity contribution in [3.8, 4) is 23.1 Å². The molecule has 3 aromatic rings. The number of halogens is 1. The van der Waals surface area contributed by atoms with Gasteiger partial charge in [-0.15, -0.1) is 0 Å². The van der Waals surface area contributed by atoms with Gasteiger partial charge in [0.05, 0.1) is 18.8 Å². The highest BCUT2D eigenvalue weighted by atomic mass is 19.1. The zero-order valence-electron chi connectivity index (χ0n) is 19.4. The molecule has 34 heavy (non-hydrogen) atoms. The van der Waals surface area contributed by atoms with Crippen molar-refractivity contribution in [2.75, 3.05) is 37.9 Å². The maximum Gasteiger partial charge on any atom is 0.327 e. The van der Waals surface area contributed by atoms with Gasteiger partial charge < -0.3 is 25.0 Å². The van der Waals surface area contributed by atoms with Gasteiger partial charge in [-0.3, -0.25) is 4.79 Å². The lowest BCUT2D eigenvalue weighted by molar-refractivity contribution is 0.0277. The Morgan fingerprint density at radius 1 is 1.21 bits per heavy atom. The monoisotopic (exact) mass is 467 g/mol. The predicted molar refractivity (Wildman–Crippen MR) is 124 cm³/mol. The molecule has 10 nitrogen and oxygen atoms in total. The number of ether oxygens (including phenoxy) is 2. The highest BCUT2D eigenvalue weighted by Gasteiger charge is 2.29. The summed E-state index contributed by atoms with van der Waals surface area (Å²) in [6.07, 6.45) is 1.52. The average molecular weight is 468 g/mol. The van der Waals surface area contributed by atoms with Crippen molar-refractivity contribution in [1.82, 2.24) is 24.8 Å². The zero-order chi connectivity index (χ0) is 24.4. The highest BCUT2D eigenvalue weighted by molar-refractivity contribution is 5.94. The first-order valence-corrected chi connectivity index (χ1v) is 10.8. The third-order valence-electron chi connectivity index (χ3n) is 5.57. The fraction of sp³-hybridized carbons (Fsp3) is 0.348. The molecule has 1 aliphatic rings. The van der Waals surface area contributed by atoms with Crippen LogP contribution >= 0.6 is 0 Å². The van der Waals surface area contributed by atoms with Crippen LogP contribution in [0.25, 0.3) is 11.4 Å². The Morgan fingerprint density at radius 3 is 2.68 bits per heavy atom. The van der Waals surface area contributed by atoms with Crippen LogP contribution in [-0.4, -0.2) is 70.1 Å². The molecule has 2 unspecified atom stereocenters. The first-order valence-electron chi connectivity index (χ1n) is 10.8. The number of amides is 1. The maximum absolute atomic E-state index is 14.8. The number of rotatable bonds is 5. The minimum atomic E-state index is -0.710. The molecule has 2 atom stereocenters. The third-order valence-corrected chi connectivity index (χ3v) is 5.57. The summed E-state index contributed by atoms with van der Waals surface area (Å²) in [5, 5.41) is 0. The summed E-state index contributed by atoms with van der Waals surface area (Å²) in [6, 6.07) is 7.26. The molecule has 1 aromatic carbocycles. The SMILES string of the molecule is CC1OCCN(c2nc(Oc3ccc(C(=O)N(C)C)cc3F)nc(-c3ccc(N)nc3)n2)C1C. The molecule has 1 fully saturated rings. The molecule has 11 heteroatoms. The van der Waals surface area contributed by atoms with Crippen molar-refractivity contribution in [3.05, 3.63) is 47.9 Å². The van der Waals surface area contributed by atoms with Gasteiger partial charge >= 0.3 is 6.01 Å². The minimum Gasteiger partial charge on any atom is -0.421 e. The standard InChI is InChI=1S/C23H26FN7O3/c1-13-14(2)33-10-9-31(13)22-27-20(16-6-8-19(25)26-12-16)28-23(29-22)34-18-7-5-15(11-17(18)24)21(32)30(3)4/h5-8,11-14H,9-10H2,1-4H3,(H2,25,26). The molecule has 178 valence electrons. The second kappa shape index (κ2) is 9.56. The van der Waals surface area contributed by atoms with Crippen LogP contribution in [-0.2, 0) is 4.74 Å². The number of aromatic nitrogens is 4. The molecule has 0 aliphatic carbocycles. The second-order valence-electron chi connectivity index (χ2n) is 8.17.